The van der Waals surface area contributed by atoms with E-state index in [1.54, 1.807) is 26.4 Å². The Labute approximate surface area is 222 Å². The van der Waals surface area contributed by atoms with Crippen molar-refractivity contribution in [3.8, 4) is 22.9 Å². The van der Waals surface area contributed by atoms with E-state index in [2.05, 4.69) is 21.5 Å². The molecule has 10 heteroatoms. The molecule has 0 aliphatic rings. The molecule has 0 fully saturated rings. The highest BCUT2D eigenvalue weighted by Gasteiger charge is 2.27. The smallest absolute Gasteiger partial charge is 0.271 e. The second-order valence-corrected chi connectivity index (χ2v) is 9.08. The molecule has 0 aliphatic heterocycles. The van der Waals surface area contributed by atoms with Crippen molar-refractivity contribution >= 4 is 34.7 Å². The van der Waals surface area contributed by atoms with Crippen molar-refractivity contribution < 1.29 is 9.53 Å². The summed E-state index contributed by atoms with van der Waals surface area (Å²) in [5, 5.41) is 10.0. The van der Waals surface area contributed by atoms with Crippen molar-refractivity contribution in [1.82, 2.24) is 19.9 Å². The van der Waals surface area contributed by atoms with Crippen LogP contribution < -0.4 is 15.4 Å². The molecule has 37 heavy (non-hydrogen) atoms. The Balaban J connectivity index is 2.18. The molecule has 1 atom stereocenters. The van der Waals surface area contributed by atoms with Crippen LogP contribution in [0.25, 0.3) is 16.7 Å². The first-order valence-corrected chi connectivity index (χ1v) is 12.0. The minimum Gasteiger partial charge on any atom is -0.493 e. The molecule has 1 amide bonds. The molecule has 192 valence electrons. The highest BCUT2D eigenvalue weighted by Crippen LogP contribution is 2.44. The maximum absolute atomic E-state index is 12.3. The van der Waals surface area contributed by atoms with Crippen LogP contribution in [0.1, 0.15) is 47.1 Å². The van der Waals surface area contributed by atoms with Gasteiger partial charge in [-0.1, -0.05) is 24.2 Å². The number of hydrogen-bond acceptors (Lipinski definition) is 8. The number of allylic oxidation sites excluding steroid dienone is 1. The zero-order valence-electron chi connectivity index (χ0n) is 21.8. The third-order valence-electron chi connectivity index (χ3n) is 6.13. The fourth-order valence-electron chi connectivity index (χ4n) is 3.99. The van der Waals surface area contributed by atoms with Gasteiger partial charge in [0.15, 0.2) is 0 Å². The zero-order chi connectivity index (χ0) is 27.4. The highest BCUT2D eigenvalue weighted by molar-refractivity contribution is 6.32. The van der Waals surface area contributed by atoms with Crippen molar-refractivity contribution in [1.29, 1.82) is 5.26 Å². The summed E-state index contributed by atoms with van der Waals surface area (Å²) < 4.78 is 6.19. The number of pyridine rings is 1. The predicted octanol–water partition coefficient (Wildman–Crippen LogP) is 4.92. The third kappa shape index (κ3) is 5.34. The number of nitrogens with two attached hydrogens (primary N) is 1. The number of anilines is 2. The molecule has 2 aromatic heterocycles. The molecule has 0 aliphatic carbocycles. The molecule has 3 aromatic rings. The number of nitriles is 1. The van der Waals surface area contributed by atoms with Gasteiger partial charge in [0.1, 0.15) is 29.4 Å². The predicted molar refractivity (Wildman–Crippen MR) is 147 cm³/mol. The molecule has 2 heterocycles. The van der Waals surface area contributed by atoms with Crippen LogP contribution in [0.2, 0.25) is 5.02 Å². The topological polar surface area (TPSA) is 121 Å². The van der Waals surface area contributed by atoms with Gasteiger partial charge in [0.25, 0.3) is 5.91 Å². The van der Waals surface area contributed by atoms with E-state index in [9.17, 15) is 10.1 Å². The van der Waals surface area contributed by atoms with Crippen molar-refractivity contribution in [3.05, 3.63) is 64.7 Å². The Bertz CT molecular complexity index is 1380. The lowest BCUT2D eigenvalue weighted by molar-refractivity contribution is 0.0822. The van der Waals surface area contributed by atoms with Crippen LogP contribution in [0.4, 0.5) is 11.6 Å². The van der Waals surface area contributed by atoms with E-state index in [4.69, 9.17) is 22.1 Å². The van der Waals surface area contributed by atoms with Gasteiger partial charge in [0.2, 0.25) is 0 Å². The number of halogens is 1. The summed E-state index contributed by atoms with van der Waals surface area (Å²) in [5.74, 6) is 1.08. The van der Waals surface area contributed by atoms with Gasteiger partial charge in [-0.15, -0.1) is 0 Å². The normalized spacial score (nSPS) is 11.4. The number of rotatable bonds is 8. The quantitative estimate of drug-likeness (QED) is 0.416. The van der Waals surface area contributed by atoms with Gasteiger partial charge in [-0.2, -0.15) is 5.26 Å². The van der Waals surface area contributed by atoms with Crippen molar-refractivity contribution in [2.45, 2.75) is 26.8 Å². The van der Waals surface area contributed by atoms with Gasteiger partial charge >= 0.3 is 0 Å². The molecule has 2 N–H and O–H groups in total. The van der Waals surface area contributed by atoms with Gasteiger partial charge in [-0.05, 0) is 38.5 Å². The van der Waals surface area contributed by atoms with E-state index < -0.39 is 0 Å². The molecule has 0 radical (unpaired) electrons. The third-order valence-corrected chi connectivity index (χ3v) is 6.52. The number of hydrogen-bond donors (Lipinski definition) is 1. The fraction of sp³-hybridized carbons (Fsp3) is 0.296. The van der Waals surface area contributed by atoms with Gasteiger partial charge < -0.3 is 20.3 Å². The Hall–Kier alpha value is -4.16. The van der Waals surface area contributed by atoms with Crippen LogP contribution in [0, 0.1) is 18.3 Å². The molecule has 3 rings (SSSR count). The average molecular weight is 520 g/mol. The summed E-state index contributed by atoms with van der Waals surface area (Å²) in [6.45, 7) is 10.0. The fourth-order valence-corrected chi connectivity index (χ4v) is 4.21. The Morgan fingerprint density at radius 2 is 1.97 bits per heavy atom. The van der Waals surface area contributed by atoms with E-state index in [0.29, 0.717) is 34.5 Å². The summed E-state index contributed by atoms with van der Waals surface area (Å²) in [5.41, 5.74) is 10.1. The summed E-state index contributed by atoms with van der Waals surface area (Å²) in [4.78, 5) is 28.5. The molecular formula is C27H30ClN7O2. The summed E-state index contributed by atoms with van der Waals surface area (Å²) in [6, 6.07) is 7.12. The maximum Gasteiger partial charge on any atom is 0.271 e. The number of amides is 1. The number of nitrogen functional groups attached to an aromatic ring is 1. The second-order valence-electron chi connectivity index (χ2n) is 8.68. The Morgan fingerprint density at radius 1 is 1.27 bits per heavy atom. The van der Waals surface area contributed by atoms with Crippen LogP contribution in [0.15, 0.2) is 37.3 Å². The van der Waals surface area contributed by atoms with E-state index in [1.165, 1.54) is 11.2 Å². The van der Waals surface area contributed by atoms with Crippen LogP contribution >= 0.6 is 11.6 Å². The lowest BCUT2D eigenvalue weighted by Gasteiger charge is -2.31. The Morgan fingerprint density at radius 3 is 2.54 bits per heavy atom. The van der Waals surface area contributed by atoms with Crippen LogP contribution in [-0.2, 0) is 0 Å². The molecule has 0 saturated heterocycles. The van der Waals surface area contributed by atoms with E-state index in [-0.39, 0.29) is 23.3 Å². The largest absolute Gasteiger partial charge is 0.493 e. The molecule has 1 aromatic carbocycles. The maximum atomic E-state index is 12.3. The number of benzene rings is 1. The minimum atomic E-state index is -0.305. The summed E-state index contributed by atoms with van der Waals surface area (Å²) in [7, 11) is 5.20. The molecule has 0 saturated carbocycles. The monoisotopic (exact) mass is 519 g/mol. The number of aromatic nitrogens is 3. The van der Waals surface area contributed by atoms with E-state index >= 15 is 0 Å². The number of carbonyl (C=O) groups excluding carboxylic acids is 1. The van der Waals surface area contributed by atoms with Crippen molar-refractivity contribution in [2.75, 3.05) is 38.4 Å². The zero-order valence-corrected chi connectivity index (χ0v) is 22.6. The van der Waals surface area contributed by atoms with E-state index in [1.807, 2.05) is 50.9 Å². The SMILES string of the molecule is C=C(C#N)c1c(N)ncnc1N(C)C(C)c1cc(Cl)c(C)c(-c2ccc(C(=O)N(C)C)nc2)c1OCC. The lowest BCUT2D eigenvalue weighted by Crippen LogP contribution is -2.25. The average Bonchev–Trinajstić information content (AvgIpc) is 2.89. The summed E-state index contributed by atoms with van der Waals surface area (Å²) >= 11 is 6.73. The summed E-state index contributed by atoms with van der Waals surface area (Å²) in [6.07, 6.45) is 3.00. The first-order valence-electron chi connectivity index (χ1n) is 11.6. The number of ether oxygens (including phenoxy) is 1. The van der Waals surface area contributed by atoms with Crippen LogP contribution in [-0.4, -0.2) is 53.5 Å². The second kappa shape index (κ2) is 11.3. The van der Waals surface area contributed by atoms with Gasteiger partial charge in [-0.25, -0.2) is 9.97 Å². The van der Waals surface area contributed by atoms with Crippen LogP contribution in [0.3, 0.4) is 0 Å². The molecule has 0 bridgehead atoms. The van der Waals surface area contributed by atoms with Gasteiger partial charge in [0, 0.05) is 49.1 Å². The first kappa shape index (κ1) is 27.4. The molecular weight excluding hydrogens is 490 g/mol. The highest BCUT2D eigenvalue weighted by atomic mass is 35.5. The van der Waals surface area contributed by atoms with E-state index in [0.717, 1.165) is 22.3 Å². The van der Waals surface area contributed by atoms with Crippen molar-refractivity contribution in [3.63, 3.8) is 0 Å². The standard InChI is InChI=1S/C27H30ClN7O2/c1-8-37-24-19(17(4)35(7)26-22(15(2)12-29)25(30)32-14-33-26)11-20(28)16(3)23(24)18-9-10-21(31-13-18)27(36)34(5)6/h9-11,13-14,17H,2,8H2,1,3-7H3,(H2,30,32,33). The minimum absolute atomic E-state index is 0.165. The van der Waals surface area contributed by atoms with Crippen LogP contribution in [0.5, 0.6) is 5.75 Å². The Kier molecular flexibility index (Phi) is 8.35. The number of nitrogens with zero attached hydrogens (tertiary/aromatic N) is 6. The molecule has 0 spiro atoms. The molecule has 1 unspecified atom stereocenters. The lowest BCUT2D eigenvalue weighted by atomic mass is 9.93. The van der Waals surface area contributed by atoms with Gasteiger partial charge in [0.05, 0.1) is 29.9 Å². The van der Waals surface area contributed by atoms with Gasteiger partial charge in [-0.3, -0.25) is 9.78 Å². The molecule has 9 nitrogen and oxygen atoms in total. The number of carbonyl (C=O) groups is 1. The first-order chi connectivity index (χ1) is 17.5. The van der Waals surface area contributed by atoms with Crippen molar-refractivity contribution in [2.24, 2.45) is 0 Å².